The van der Waals surface area contributed by atoms with Crippen molar-refractivity contribution < 1.29 is 28.2 Å². The third-order valence-electron chi connectivity index (χ3n) is 2.26. The van der Waals surface area contributed by atoms with E-state index >= 15 is 0 Å². The van der Waals surface area contributed by atoms with Gasteiger partial charge in [-0.1, -0.05) is 0 Å². The topological polar surface area (TPSA) is 88.2 Å². The summed E-state index contributed by atoms with van der Waals surface area (Å²) in [6.07, 6.45) is -6.09. The predicted octanol–water partition coefficient (Wildman–Crippen LogP) is 0.609. The van der Waals surface area contributed by atoms with Crippen molar-refractivity contribution in [1.82, 2.24) is 14.8 Å². The van der Waals surface area contributed by atoms with Crippen LogP contribution in [-0.4, -0.2) is 43.2 Å². The van der Waals surface area contributed by atoms with Crippen molar-refractivity contribution in [2.24, 2.45) is 0 Å². The average molecular weight is 267 g/mol. The lowest BCUT2D eigenvalue weighted by Gasteiger charge is -2.09. The van der Waals surface area contributed by atoms with Crippen LogP contribution in [0.1, 0.15) is 18.7 Å². The van der Waals surface area contributed by atoms with E-state index in [1.807, 2.05) is 0 Å². The van der Waals surface area contributed by atoms with E-state index in [0.717, 1.165) is 0 Å². The van der Waals surface area contributed by atoms with E-state index in [0.29, 0.717) is 0 Å². The number of aliphatic hydroxyl groups excluding tert-OH is 1. The molecule has 0 radical (unpaired) electrons. The molecule has 0 saturated heterocycles. The third-order valence-corrected chi connectivity index (χ3v) is 2.26. The second-order valence-electron chi connectivity index (χ2n) is 3.70. The van der Waals surface area contributed by atoms with Crippen LogP contribution in [0.2, 0.25) is 0 Å². The number of aryl methyl sites for hydroxylation is 2. The number of aliphatic hydroxyl groups is 1. The summed E-state index contributed by atoms with van der Waals surface area (Å²) in [6.45, 7) is 0.0493. The molecule has 0 aliphatic carbocycles. The molecule has 1 aromatic rings. The standard InChI is InChI=1S/C9H12F3N3O3/c10-9(11,12)3-1-7-14-13-5-15(7)4-2-6(16)8(17)18/h5-6,16H,1-4H2,(H,17,18). The van der Waals surface area contributed by atoms with Crippen LogP contribution in [-0.2, 0) is 17.8 Å². The Bertz CT molecular complexity index is 405. The Labute approximate surface area is 100 Å². The molecule has 18 heavy (non-hydrogen) atoms. The van der Waals surface area contributed by atoms with Crippen molar-refractivity contribution in [3.63, 3.8) is 0 Å². The first-order chi connectivity index (χ1) is 8.29. The number of aliphatic carboxylic acids is 1. The smallest absolute Gasteiger partial charge is 0.389 e. The summed E-state index contributed by atoms with van der Waals surface area (Å²) >= 11 is 0. The fourth-order valence-electron chi connectivity index (χ4n) is 1.30. The SMILES string of the molecule is O=C(O)C(O)CCn1cnnc1CCC(F)(F)F. The number of carboxylic acids is 1. The van der Waals surface area contributed by atoms with E-state index in [4.69, 9.17) is 10.2 Å². The van der Waals surface area contributed by atoms with Crippen molar-refractivity contribution in [3.8, 4) is 0 Å². The van der Waals surface area contributed by atoms with Gasteiger partial charge in [0, 0.05) is 19.4 Å². The Morgan fingerprint density at radius 3 is 2.72 bits per heavy atom. The molecule has 1 heterocycles. The van der Waals surface area contributed by atoms with Crippen LogP contribution in [0.4, 0.5) is 13.2 Å². The zero-order valence-corrected chi connectivity index (χ0v) is 9.26. The maximum atomic E-state index is 12.0. The molecule has 0 aromatic carbocycles. The summed E-state index contributed by atoms with van der Waals surface area (Å²) in [5.41, 5.74) is 0. The summed E-state index contributed by atoms with van der Waals surface area (Å²) < 4.78 is 37.4. The molecular formula is C9H12F3N3O3. The first-order valence-corrected chi connectivity index (χ1v) is 5.14. The van der Waals surface area contributed by atoms with Gasteiger partial charge in [0.15, 0.2) is 6.10 Å². The van der Waals surface area contributed by atoms with Gasteiger partial charge in [-0.3, -0.25) is 0 Å². The van der Waals surface area contributed by atoms with Crippen molar-refractivity contribution >= 4 is 5.97 Å². The summed E-state index contributed by atoms with van der Waals surface area (Å²) in [5.74, 6) is -1.26. The van der Waals surface area contributed by atoms with E-state index < -0.39 is 24.7 Å². The minimum atomic E-state index is -4.28. The van der Waals surface area contributed by atoms with Crippen molar-refractivity contribution in [2.75, 3.05) is 0 Å². The van der Waals surface area contributed by atoms with Gasteiger partial charge in [-0.05, 0) is 0 Å². The van der Waals surface area contributed by atoms with E-state index in [2.05, 4.69) is 10.2 Å². The molecule has 0 aliphatic heterocycles. The predicted molar refractivity (Wildman–Crippen MR) is 52.7 cm³/mol. The summed E-state index contributed by atoms with van der Waals surface area (Å²) in [5, 5.41) is 24.5. The molecule has 0 fully saturated rings. The largest absolute Gasteiger partial charge is 0.479 e. The van der Waals surface area contributed by atoms with Crippen molar-refractivity contribution in [3.05, 3.63) is 12.2 Å². The van der Waals surface area contributed by atoms with Gasteiger partial charge in [-0.15, -0.1) is 10.2 Å². The minimum Gasteiger partial charge on any atom is -0.479 e. The zero-order valence-electron chi connectivity index (χ0n) is 9.26. The third kappa shape index (κ3) is 4.70. The first kappa shape index (κ1) is 14.4. The highest BCUT2D eigenvalue weighted by atomic mass is 19.4. The number of carboxylic acid groups (broad SMARTS) is 1. The van der Waals surface area contributed by atoms with Crippen LogP contribution in [0.5, 0.6) is 0 Å². The minimum absolute atomic E-state index is 0.0493. The number of halogens is 3. The summed E-state index contributed by atoms with van der Waals surface area (Å²) in [6, 6.07) is 0. The van der Waals surface area contributed by atoms with Gasteiger partial charge in [0.05, 0.1) is 6.42 Å². The Morgan fingerprint density at radius 1 is 1.50 bits per heavy atom. The van der Waals surface area contributed by atoms with Crippen LogP contribution in [0.3, 0.4) is 0 Å². The Kier molecular flexibility index (Phi) is 4.65. The number of aromatic nitrogens is 3. The fraction of sp³-hybridized carbons (Fsp3) is 0.667. The first-order valence-electron chi connectivity index (χ1n) is 5.14. The molecular weight excluding hydrogens is 255 g/mol. The van der Waals surface area contributed by atoms with Crippen LogP contribution in [0.25, 0.3) is 0 Å². The lowest BCUT2D eigenvalue weighted by molar-refractivity contribution is -0.147. The van der Waals surface area contributed by atoms with Crippen LogP contribution in [0.15, 0.2) is 6.33 Å². The molecule has 0 spiro atoms. The Balaban J connectivity index is 2.52. The highest BCUT2D eigenvalue weighted by molar-refractivity contribution is 5.71. The number of alkyl halides is 3. The maximum absolute atomic E-state index is 12.0. The van der Waals surface area contributed by atoms with Gasteiger partial charge in [0.1, 0.15) is 12.2 Å². The molecule has 1 aromatic heterocycles. The molecule has 1 atom stereocenters. The number of hydrogen-bond donors (Lipinski definition) is 2. The monoisotopic (exact) mass is 267 g/mol. The van der Waals surface area contributed by atoms with Crippen molar-refractivity contribution in [1.29, 1.82) is 0 Å². The fourth-order valence-corrected chi connectivity index (χ4v) is 1.30. The number of rotatable bonds is 6. The van der Waals surface area contributed by atoms with E-state index in [9.17, 15) is 18.0 Å². The quantitative estimate of drug-likeness (QED) is 0.788. The normalized spacial score (nSPS) is 13.6. The molecule has 1 rings (SSSR count). The van der Waals surface area contributed by atoms with E-state index in [1.165, 1.54) is 10.9 Å². The van der Waals surface area contributed by atoms with Gasteiger partial charge < -0.3 is 14.8 Å². The lowest BCUT2D eigenvalue weighted by Crippen LogP contribution is -2.22. The average Bonchev–Trinajstić information content (AvgIpc) is 2.69. The van der Waals surface area contributed by atoms with E-state index in [1.54, 1.807) is 0 Å². The molecule has 9 heteroatoms. The maximum Gasteiger partial charge on any atom is 0.389 e. The van der Waals surface area contributed by atoms with E-state index in [-0.39, 0.29) is 25.2 Å². The second-order valence-corrected chi connectivity index (χ2v) is 3.70. The number of nitrogens with zero attached hydrogens (tertiary/aromatic N) is 3. The zero-order chi connectivity index (χ0) is 13.8. The molecule has 2 N–H and O–H groups in total. The molecule has 6 nitrogen and oxygen atoms in total. The highest BCUT2D eigenvalue weighted by Crippen LogP contribution is 2.21. The second kappa shape index (κ2) is 5.80. The molecule has 0 aliphatic rings. The Hall–Kier alpha value is -1.64. The van der Waals surface area contributed by atoms with Gasteiger partial charge >= 0.3 is 12.1 Å². The molecule has 0 amide bonds. The van der Waals surface area contributed by atoms with Crippen molar-refractivity contribution in [2.45, 2.75) is 38.1 Å². The molecule has 0 bridgehead atoms. The van der Waals surface area contributed by atoms with Crippen LogP contribution >= 0.6 is 0 Å². The van der Waals surface area contributed by atoms with Crippen LogP contribution in [0, 0.1) is 0 Å². The molecule has 0 saturated carbocycles. The van der Waals surface area contributed by atoms with Gasteiger partial charge in [-0.2, -0.15) is 13.2 Å². The molecule has 1 unspecified atom stereocenters. The van der Waals surface area contributed by atoms with Gasteiger partial charge in [-0.25, -0.2) is 4.79 Å². The number of hydrogen-bond acceptors (Lipinski definition) is 4. The summed E-state index contributed by atoms with van der Waals surface area (Å²) in [7, 11) is 0. The van der Waals surface area contributed by atoms with Gasteiger partial charge in [0.2, 0.25) is 0 Å². The molecule has 102 valence electrons. The lowest BCUT2D eigenvalue weighted by atomic mass is 10.2. The summed E-state index contributed by atoms with van der Waals surface area (Å²) in [4.78, 5) is 10.4. The highest BCUT2D eigenvalue weighted by Gasteiger charge is 2.27. The van der Waals surface area contributed by atoms with Gasteiger partial charge in [0.25, 0.3) is 0 Å². The number of carbonyl (C=O) groups is 1. The Morgan fingerprint density at radius 2 is 2.17 bits per heavy atom. The van der Waals surface area contributed by atoms with Crippen LogP contribution < -0.4 is 0 Å².